The number of aryl methyl sites for hydroxylation is 1. The number of halogens is 3. The van der Waals surface area contributed by atoms with E-state index in [1.807, 2.05) is 19.1 Å². The van der Waals surface area contributed by atoms with E-state index >= 15 is 0 Å². The number of fused-ring (bicyclic) bond motifs is 1. The highest BCUT2D eigenvalue weighted by Crippen LogP contribution is 2.29. The summed E-state index contributed by atoms with van der Waals surface area (Å²) >= 11 is 0. The molecule has 1 aromatic heterocycles. The summed E-state index contributed by atoms with van der Waals surface area (Å²) in [7, 11) is 0. The van der Waals surface area contributed by atoms with Gasteiger partial charge >= 0.3 is 6.36 Å². The summed E-state index contributed by atoms with van der Waals surface area (Å²) in [5, 5.41) is 0.212. The summed E-state index contributed by atoms with van der Waals surface area (Å²) < 4.78 is 43.3. The summed E-state index contributed by atoms with van der Waals surface area (Å²) in [5.41, 5.74) is -0.166. The maximum Gasteiger partial charge on any atom is 0.573 e. The van der Waals surface area contributed by atoms with Crippen molar-refractivity contribution in [3.05, 3.63) is 52.8 Å². The lowest BCUT2D eigenvalue weighted by atomic mass is 10.2. The van der Waals surface area contributed by atoms with Crippen molar-refractivity contribution < 1.29 is 17.9 Å². The van der Waals surface area contributed by atoms with E-state index in [0.717, 1.165) is 6.42 Å². The molecule has 0 aliphatic rings. The Morgan fingerprint density at radius 2 is 2.00 bits per heavy atom. The van der Waals surface area contributed by atoms with E-state index in [1.165, 1.54) is 30.5 Å². The Kier molecular flexibility index (Phi) is 4.90. The summed E-state index contributed by atoms with van der Waals surface area (Å²) in [6.07, 6.45) is 2.19. The van der Waals surface area contributed by atoms with E-state index in [0.29, 0.717) is 13.0 Å². The predicted octanol–water partition coefficient (Wildman–Crippen LogP) is 4.26. The van der Waals surface area contributed by atoms with Crippen molar-refractivity contribution in [1.29, 1.82) is 0 Å². The average Bonchev–Trinajstić information content (AvgIpc) is 2.44. The fraction of sp³-hybridized carbons (Fsp3) is 0.312. The molecule has 2 rings (SSSR count). The molecular formula is C16H16F3NO2. The van der Waals surface area contributed by atoms with Crippen LogP contribution in [-0.2, 0) is 6.54 Å². The number of hydrogen-bond acceptors (Lipinski definition) is 2. The maximum absolute atomic E-state index is 12.5. The quantitative estimate of drug-likeness (QED) is 0.773. The summed E-state index contributed by atoms with van der Waals surface area (Å²) in [4.78, 5) is 11.9. The van der Waals surface area contributed by atoms with Gasteiger partial charge in [-0.05, 0) is 25.0 Å². The van der Waals surface area contributed by atoms with E-state index in [9.17, 15) is 18.0 Å². The lowest BCUT2D eigenvalue weighted by Crippen LogP contribution is -2.19. The van der Waals surface area contributed by atoms with Crippen LogP contribution in [0.15, 0.2) is 47.4 Å². The van der Waals surface area contributed by atoms with Crippen molar-refractivity contribution in [3.8, 4) is 5.75 Å². The molecule has 22 heavy (non-hydrogen) atoms. The van der Waals surface area contributed by atoms with Crippen LogP contribution in [0.5, 0.6) is 5.75 Å². The van der Waals surface area contributed by atoms with Gasteiger partial charge in [0.1, 0.15) is 0 Å². The van der Waals surface area contributed by atoms with Crippen LogP contribution in [0.2, 0.25) is 0 Å². The molecule has 3 nitrogen and oxygen atoms in total. The number of para-hydroxylation sites is 1. The number of aromatic nitrogens is 1. The molecule has 0 bridgehead atoms. The molecule has 0 saturated heterocycles. The lowest BCUT2D eigenvalue weighted by molar-refractivity contribution is -0.274. The second kappa shape index (κ2) is 6.68. The zero-order valence-electron chi connectivity index (χ0n) is 12.1. The minimum atomic E-state index is -4.80. The van der Waals surface area contributed by atoms with Crippen LogP contribution in [-0.4, -0.2) is 10.9 Å². The van der Waals surface area contributed by atoms with E-state index in [1.54, 1.807) is 4.57 Å². The highest BCUT2D eigenvalue weighted by molar-refractivity contribution is 5.84. The predicted molar refractivity (Wildman–Crippen MR) is 78.9 cm³/mol. The van der Waals surface area contributed by atoms with E-state index in [4.69, 9.17) is 0 Å². The Balaban J connectivity index is 2.49. The summed E-state index contributed by atoms with van der Waals surface area (Å²) in [6.45, 7) is 2.46. The smallest absolute Gasteiger partial charge is 0.404 e. The third kappa shape index (κ3) is 3.90. The van der Waals surface area contributed by atoms with Crippen molar-refractivity contribution >= 4 is 10.9 Å². The number of hydrogen-bond donors (Lipinski definition) is 0. The molecule has 0 unspecified atom stereocenters. The fourth-order valence-electron chi connectivity index (χ4n) is 2.23. The molecule has 0 fully saturated rings. The molecule has 0 N–H and O–H groups in total. The molecular weight excluding hydrogens is 295 g/mol. The van der Waals surface area contributed by atoms with Gasteiger partial charge in [-0.3, -0.25) is 4.79 Å². The Morgan fingerprint density at radius 3 is 2.68 bits per heavy atom. The van der Waals surface area contributed by atoms with Crippen molar-refractivity contribution in [3.63, 3.8) is 0 Å². The third-order valence-electron chi connectivity index (χ3n) is 3.12. The third-order valence-corrected chi connectivity index (χ3v) is 3.12. The molecule has 0 amide bonds. The highest BCUT2D eigenvalue weighted by Gasteiger charge is 2.32. The summed E-state index contributed by atoms with van der Waals surface area (Å²) in [5.74, 6) is -0.359. The normalized spacial score (nSPS) is 12.2. The highest BCUT2D eigenvalue weighted by atomic mass is 19.4. The van der Waals surface area contributed by atoms with Gasteiger partial charge in [0.15, 0.2) is 11.2 Å². The number of rotatable bonds is 5. The van der Waals surface area contributed by atoms with Gasteiger partial charge in [0.2, 0.25) is 0 Å². The molecule has 1 aromatic carbocycles. The molecule has 2 aromatic rings. The van der Waals surface area contributed by atoms with Crippen molar-refractivity contribution in [2.45, 2.75) is 32.7 Å². The Morgan fingerprint density at radius 1 is 1.23 bits per heavy atom. The molecule has 0 saturated carbocycles. The minimum absolute atomic E-state index is 0.164. The van der Waals surface area contributed by atoms with Crippen molar-refractivity contribution in [1.82, 2.24) is 4.57 Å². The van der Waals surface area contributed by atoms with Crippen LogP contribution in [0.1, 0.15) is 19.8 Å². The number of benzene rings is 1. The summed E-state index contributed by atoms with van der Waals surface area (Å²) in [6, 6.07) is 5.45. The Labute approximate surface area is 125 Å². The molecule has 118 valence electrons. The number of alkyl halides is 3. The Hall–Kier alpha value is -2.24. The zero-order valence-corrected chi connectivity index (χ0v) is 12.1. The SMILES string of the molecule is CC/C=C/CCn1ccc(=O)c2cccc(OC(F)(F)F)c21. The Bertz CT molecular complexity index is 732. The minimum Gasteiger partial charge on any atom is -0.404 e. The first-order valence-corrected chi connectivity index (χ1v) is 6.95. The largest absolute Gasteiger partial charge is 0.573 e. The molecule has 6 heteroatoms. The second-order valence-corrected chi connectivity index (χ2v) is 4.74. The van der Waals surface area contributed by atoms with Gasteiger partial charge in [-0.2, -0.15) is 0 Å². The van der Waals surface area contributed by atoms with Crippen molar-refractivity contribution in [2.75, 3.05) is 0 Å². The molecule has 0 radical (unpaired) electrons. The molecule has 1 heterocycles. The first kappa shape index (κ1) is 16.1. The van der Waals surface area contributed by atoms with E-state index < -0.39 is 6.36 Å². The maximum atomic E-state index is 12.5. The van der Waals surface area contributed by atoms with Crippen LogP contribution in [0.3, 0.4) is 0 Å². The zero-order chi connectivity index (χ0) is 16.2. The van der Waals surface area contributed by atoms with Gasteiger partial charge in [-0.15, -0.1) is 13.2 Å². The van der Waals surface area contributed by atoms with Gasteiger partial charge in [0, 0.05) is 24.2 Å². The number of allylic oxidation sites excluding steroid dienone is 2. The first-order chi connectivity index (χ1) is 10.4. The van der Waals surface area contributed by atoms with Crippen molar-refractivity contribution in [2.24, 2.45) is 0 Å². The van der Waals surface area contributed by atoms with Gasteiger partial charge in [0.25, 0.3) is 0 Å². The van der Waals surface area contributed by atoms with Gasteiger partial charge < -0.3 is 9.30 Å². The fourth-order valence-corrected chi connectivity index (χ4v) is 2.23. The van der Waals surface area contributed by atoms with Gasteiger partial charge in [-0.25, -0.2) is 0 Å². The topological polar surface area (TPSA) is 31.2 Å². The molecule has 0 aliphatic carbocycles. The number of ether oxygens (including phenoxy) is 1. The number of nitrogens with zero attached hydrogens (tertiary/aromatic N) is 1. The van der Waals surface area contributed by atoms with Gasteiger partial charge in [0.05, 0.1) is 5.52 Å². The lowest BCUT2D eigenvalue weighted by Gasteiger charge is -2.15. The second-order valence-electron chi connectivity index (χ2n) is 4.74. The van der Waals surface area contributed by atoms with E-state index in [-0.39, 0.29) is 22.1 Å². The van der Waals surface area contributed by atoms with Crippen LogP contribution in [0.25, 0.3) is 10.9 Å². The molecule has 0 spiro atoms. The van der Waals surface area contributed by atoms with Crippen LogP contribution in [0, 0.1) is 0 Å². The molecule has 0 atom stereocenters. The first-order valence-electron chi connectivity index (χ1n) is 6.95. The van der Waals surface area contributed by atoms with Crippen LogP contribution in [0.4, 0.5) is 13.2 Å². The van der Waals surface area contributed by atoms with Gasteiger partial charge in [-0.1, -0.05) is 25.1 Å². The molecule has 0 aliphatic heterocycles. The van der Waals surface area contributed by atoms with Crippen LogP contribution < -0.4 is 10.2 Å². The average molecular weight is 311 g/mol. The standard InChI is InChI=1S/C16H16F3NO2/c1-2-3-4-5-10-20-11-9-13(21)12-7-6-8-14(15(12)20)22-16(17,18)19/h3-4,6-9,11H,2,5,10H2,1H3/b4-3+. The monoisotopic (exact) mass is 311 g/mol. The van der Waals surface area contributed by atoms with E-state index in [2.05, 4.69) is 4.74 Å². The number of pyridine rings is 1. The van der Waals surface area contributed by atoms with Crippen LogP contribution >= 0.6 is 0 Å².